The summed E-state index contributed by atoms with van der Waals surface area (Å²) in [7, 11) is 0. The van der Waals surface area contributed by atoms with Gasteiger partial charge in [0.2, 0.25) is 0 Å². The van der Waals surface area contributed by atoms with Crippen molar-refractivity contribution >= 4 is 50.7 Å². The van der Waals surface area contributed by atoms with Gasteiger partial charge in [-0.25, -0.2) is 0 Å². The zero-order chi connectivity index (χ0) is 18.5. The molecular formula is C20H14BrClN2O2. The van der Waals surface area contributed by atoms with Gasteiger partial charge in [-0.15, -0.1) is 0 Å². The van der Waals surface area contributed by atoms with Crippen LogP contribution in [-0.4, -0.2) is 11.8 Å². The van der Waals surface area contributed by atoms with Gasteiger partial charge < -0.3 is 10.6 Å². The molecule has 3 rings (SSSR count). The summed E-state index contributed by atoms with van der Waals surface area (Å²) in [5.41, 5.74) is 2.13. The lowest BCUT2D eigenvalue weighted by Gasteiger charge is -2.10. The van der Waals surface area contributed by atoms with Crippen molar-refractivity contribution in [2.75, 3.05) is 10.6 Å². The highest BCUT2D eigenvalue weighted by Gasteiger charge is 2.12. The molecule has 0 aliphatic heterocycles. The van der Waals surface area contributed by atoms with Crippen LogP contribution in [0.1, 0.15) is 20.7 Å². The van der Waals surface area contributed by atoms with Crippen molar-refractivity contribution in [2.24, 2.45) is 0 Å². The number of hydrogen-bond donors (Lipinski definition) is 2. The van der Waals surface area contributed by atoms with Crippen LogP contribution in [0.3, 0.4) is 0 Å². The first-order chi connectivity index (χ1) is 12.5. The third-order valence-corrected chi connectivity index (χ3v) is 4.51. The highest BCUT2D eigenvalue weighted by atomic mass is 79.9. The van der Waals surface area contributed by atoms with E-state index in [0.717, 1.165) is 0 Å². The Bertz CT molecular complexity index is 961. The van der Waals surface area contributed by atoms with E-state index in [1.807, 2.05) is 6.07 Å². The van der Waals surface area contributed by atoms with Crippen LogP contribution in [-0.2, 0) is 0 Å². The van der Waals surface area contributed by atoms with E-state index < -0.39 is 0 Å². The molecule has 0 unspecified atom stereocenters. The molecule has 0 saturated heterocycles. The molecule has 0 saturated carbocycles. The van der Waals surface area contributed by atoms with Crippen LogP contribution in [0.25, 0.3) is 0 Å². The van der Waals surface area contributed by atoms with Crippen LogP contribution < -0.4 is 10.6 Å². The number of anilines is 2. The van der Waals surface area contributed by atoms with Gasteiger partial charge in [0.05, 0.1) is 5.56 Å². The van der Waals surface area contributed by atoms with Gasteiger partial charge >= 0.3 is 0 Å². The molecule has 0 bridgehead atoms. The fourth-order valence-corrected chi connectivity index (χ4v) is 2.94. The molecule has 0 heterocycles. The smallest absolute Gasteiger partial charge is 0.256 e. The maximum atomic E-state index is 12.5. The highest BCUT2D eigenvalue weighted by Crippen LogP contribution is 2.23. The van der Waals surface area contributed by atoms with Gasteiger partial charge in [-0.2, -0.15) is 0 Å². The van der Waals surface area contributed by atoms with Crippen molar-refractivity contribution in [3.8, 4) is 0 Å². The van der Waals surface area contributed by atoms with Crippen LogP contribution in [0.15, 0.2) is 77.3 Å². The number of hydrogen-bond acceptors (Lipinski definition) is 2. The molecule has 0 fully saturated rings. The van der Waals surface area contributed by atoms with Crippen molar-refractivity contribution < 1.29 is 9.59 Å². The van der Waals surface area contributed by atoms with E-state index in [4.69, 9.17) is 11.6 Å². The molecule has 0 aliphatic rings. The lowest BCUT2D eigenvalue weighted by molar-refractivity contribution is 0.101. The van der Waals surface area contributed by atoms with E-state index in [2.05, 4.69) is 26.6 Å². The molecular weight excluding hydrogens is 416 g/mol. The minimum Gasteiger partial charge on any atom is -0.322 e. The SMILES string of the molecule is O=C(Nc1cccc(NC(=O)c2cc(Cl)ccc2Br)c1)c1ccccc1. The third kappa shape index (κ3) is 4.50. The second kappa shape index (κ2) is 8.17. The molecule has 0 radical (unpaired) electrons. The molecule has 4 nitrogen and oxygen atoms in total. The predicted molar refractivity (Wildman–Crippen MR) is 108 cm³/mol. The average Bonchev–Trinajstić information content (AvgIpc) is 2.64. The van der Waals surface area contributed by atoms with Crippen LogP contribution in [0, 0.1) is 0 Å². The second-order valence-corrected chi connectivity index (χ2v) is 6.77. The number of benzene rings is 3. The summed E-state index contributed by atoms with van der Waals surface area (Å²) in [6.07, 6.45) is 0. The third-order valence-electron chi connectivity index (χ3n) is 3.59. The molecule has 2 amide bonds. The monoisotopic (exact) mass is 428 g/mol. The standard InChI is InChI=1S/C20H14BrClN2O2/c21-18-10-9-14(22)11-17(18)20(26)24-16-8-4-7-15(12-16)23-19(25)13-5-2-1-3-6-13/h1-12H,(H,23,25)(H,24,26). The fourth-order valence-electron chi connectivity index (χ4n) is 2.34. The molecule has 0 aromatic heterocycles. The molecule has 2 N–H and O–H groups in total. The van der Waals surface area contributed by atoms with Crippen molar-refractivity contribution in [2.45, 2.75) is 0 Å². The Balaban J connectivity index is 1.74. The van der Waals surface area contributed by atoms with Gasteiger partial charge in [0.25, 0.3) is 11.8 Å². The van der Waals surface area contributed by atoms with Crippen molar-refractivity contribution in [1.29, 1.82) is 0 Å². The van der Waals surface area contributed by atoms with E-state index >= 15 is 0 Å². The zero-order valence-corrected chi connectivity index (χ0v) is 15.8. The maximum Gasteiger partial charge on any atom is 0.256 e. The van der Waals surface area contributed by atoms with Crippen molar-refractivity contribution in [3.05, 3.63) is 93.4 Å². The van der Waals surface area contributed by atoms with E-state index in [1.54, 1.807) is 66.7 Å². The Morgan fingerprint density at radius 3 is 2.12 bits per heavy atom. The Labute approximate surface area is 164 Å². The molecule has 0 spiro atoms. The van der Waals surface area contributed by atoms with Crippen LogP contribution in [0.4, 0.5) is 11.4 Å². The number of carbonyl (C=O) groups excluding carboxylic acids is 2. The summed E-state index contributed by atoms with van der Waals surface area (Å²) in [5, 5.41) is 6.09. The van der Waals surface area contributed by atoms with Gasteiger partial charge in [0, 0.05) is 26.4 Å². The summed E-state index contributed by atoms with van der Waals surface area (Å²) in [4.78, 5) is 24.7. The van der Waals surface area contributed by atoms with Gasteiger partial charge in [-0.3, -0.25) is 9.59 Å². The summed E-state index contributed by atoms with van der Waals surface area (Å²) in [6.45, 7) is 0. The van der Waals surface area contributed by atoms with Gasteiger partial charge in [0.1, 0.15) is 0 Å². The number of nitrogens with one attached hydrogen (secondary N) is 2. The van der Waals surface area contributed by atoms with Crippen molar-refractivity contribution in [3.63, 3.8) is 0 Å². The summed E-state index contributed by atoms with van der Waals surface area (Å²) in [6, 6.07) is 20.9. The summed E-state index contributed by atoms with van der Waals surface area (Å²) < 4.78 is 0.646. The molecule has 130 valence electrons. The second-order valence-electron chi connectivity index (χ2n) is 5.48. The van der Waals surface area contributed by atoms with Gasteiger partial charge in [0.15, 0.2) is 0 Å². The number of carbonyl (C=O) groups is 2. The van der Waals surface area contributed by atoms with E-state index in [-0.39, 0.29) is 11.8 Å². The van der Waals surface area contributed by atoms with Gasteiger partial charge in [-0.05, 0) is 64.5 Å². The largest absolute Gasteiger partial charge is 0.322 e. The molecule has 3 aromatic rings. The maximum absolute atomic E-state index is 12.5. The van der Waals surface area contributed by atoms with E-state index in [1.165, 1.54) is 0 Å². The van der Waals surface area contributed by atoms with Crippen LogP contribution >= 0.6 is 27.5 Å². The first-order valence-electron chi connectivity index (χ1n) is 7.76. The topological polar surface area (TPSA) is 58.2 Å². The first kappa shape index (κ1) is 18.2. The first-order valence-corrected chi connectivity index (χ1v) is 8.93. The van der Waals surface area contributed by atoms with Crippen LogP contribution in [0.2, 0.25) is 5.02 Å². The molecule has 26 heavy (non-hydrogen) atoms. The molecule has 0 aliphatic carbocycles. The summed E-state index contributed by atoms with van der Waals surface area (Å²) >= 11 is 9.30. The lowest BCUT2D eigenvalue weighted by atomic mass is 10.2. The van der Waals surface area contributed by atoms with Crippen molar-refractivity contribution in [1.82, 2.24) is 0 Å². The quantitative estimate of drug-likeness (QED) is 0.566. The number of rotatable bonds is 4. The Hall–Kier alpha value is -2.63. The number of halogens is 2. The molecule has 3 aromatic carbocycles. The Morgan fingerprint density at radius 1 is 0.769 bits per heavy atom. The average molecular weight is 430 g/mol. The van der Waals surface area contributed by atoms with E-state index in [0.29, 0.717) is 32.0 Å². The highest BCUT2D eigenvalue weighted by molar-refractivity contribution is 9.10. The minimum atomic E-state index is -0.300. The molecule has 0 atom stereocenters. The Kier molecular flexibility index (Phi) is 5.71. The molecule has 6 heteroatoms. The normalized spacial score (nSPS) is 10.2. The Morgan fingerprint density at radius 2 is 1.42 bits per heavy atom. The lowest BCUT2D eigenvalue weighted by Crippen LogP contribution is -2.14. The van der Waals surface area contributed by atoms with Crippen LogP contribution in [0.5, 0.6) is 0 Å². The minimum absolute atomic E-state index is 0.216. The number of amides is 2. The fraction of sp³-hybridized carbons (Fsp3) is 0. The van der Waals surface area contributed by atoms with Gasteiger partial charge in [-0.1, -0.05) is 35.9 Å². The summed E-state index contributed by atoms with van der Waals surface area (Å²) in [5.74, 6) is -0.516. The zero-order valence-electron chi connectivity index (χ0n) is 13.5. The van der Waals surface area contributed by atoms with E-state index in [9.17, 15) is 9.59 Å². The predicted octanol–water partition coefficient (Wildman–Crippen LogP) is 5.61.